The molecule has 0 atom stereocenters. The molecule has 0 aliphatic heterocycles. The molecule has 0 radical (unpaired) electrons. The lowest BCUT2D eigenvalue weighted by molar-refractivity contribution is 0.561. The molecular formula is C13H10N2O2. The van der Waals surface area contributed by atoms with Gasteiger partial charge in [-0.1, -0.05) is 0 Å². The van der Waals surface area contributed by atoms with E-state index in [1.54, 1.807) is 12.1 Å². The molecular weight excluding hydrogens is 216 g/mol. The average Bonchev–Trinajstić information content (AvgIpc) is 2.30. The zero-order valence-corrected chi connectivity index (χ0v) is 9.52. The maximum atomic E-state index is 11.1. The van der Waals surface area contributed by atoms with Gasteiger partial charge in [0.05, 0.1) is 22.4 Å². The van der Waals surface area contributed by atoms with Crippen LogP contribution in [0.3, 0.4) is 0 Å². The first-order valence-corrected chi connectivity index (χ1v) is 5.33. The fraction of sp³-hybridized carbons (Fsp3) is 0.154. The molecule has 4 nitrogen and oxygen atoms in total. The molecule has 2 aromatic heterocycles. The van der Waals surface area contributed by atoms with Crippen LogP contribution in [0.25, 0.3) is 22.0 Å². The van der Waals surface area contributed by atoms with Crippen molar-refractivity contribution in [1.82, 2.24) is 9.97 Å². The van der Waals surface area contributed by atoms with E-state index in [1.807, 2.05) is 19.9 Å². The monoisotopic (exact) mass is 226 g/mol. The minimum absolute atomic E-state index is 0.353. The number of hydrogen-bond acceptors (Lipinski definition) is 4. The molecule has 0 aliphatic rings. The quantitative estimate of drug-likeness (QED) is 0.436. The van der Waals surface area contributed by atoms with Crippen molar-refractivity contribution in [1.29, 1.82) is 0 Å². The largest absolute Gasteiger partial charge is 0.423 e. The number of rotatable bonds is 0. The molecule has 0 fully saturated rings. The Bertz CT molecular complexity index is 790. The topological polar surface area (TPSA) is 56.0 Å². The van der Waals surface area contributed by atoms with Crippen LogP contribution in [0, 0.1) is 13.8 Å². The van der Waals surface area contributed by atoms with Gasteiger partial charge in [0.2, 0.25) is 0 Å². The summed E-state index contributed by atoms with van der Waals surface area (Å²) in [6, 6.07) is 6.70. The maximum absolute atomic E-state index is 11.1. The molecule has 0 spiro atoms. The Morgan fingerprint density at radius 3 is 2.59 bits per heavy atom. The molecule has 17 heavy (non-hydrogen) atoms. The molecule has 3 aromatic rings. The minimum atomic E-state index is -0.353. The Morgan fingerprint density at radius 2 is 1.76 bits per heavy atom. The van der Waals surface area contributed by atoms with Crippen molar-refractivity contribution >= 4 is 22.0 Å². The van der Waals surface area contributed by atoms with E-state index in [0.29, 0.717) is 5.58 Å². The first-order chi connectivity index (χ1) is 8.15. The summed E-state index contributed by atoms with van der Waals surface area (Å²) in [5.41, 5.74) is 3.57. The third kappa shape index (κ3) is 1.49. The summed E-state index contributed by atoms with van der Waals surface area (Å²) in [5, 5.41) is 0.817. The first-order valence-electron chi connectivity index (χ1n) is 5.33. The van der Waals surface area contributed by atoms with Gasteiger partial charge in [-0.05, 0) is 32.0 Å². The van der Waals surface area contributed by atoms with Gasteiger partial charge in [0, 0.05) is 11.5 Å². The smallest absolute Gasteiger partial charge is 0.336 e. The fourth-order valence-electron chi connectivity index (χ4n) is 1.84. The molecule has 0 unspecified atom stereocenters. The molecule has 0 amide bonds. The molecule has 3 rings (SSSR count). The standard InChI is InChI=1S/C13H10N2O2/c1-7-8(2)15-13-9-3-6-12(16)17-11(9)5-4-10(13)14-7/h3-6H,1-2H3. The highest BCUT2D eigenvalue weighted by Gasteiger charge is 2.07. The summed E-state index contributed by atoms with van der Waals surface area (Å²) in [7, 11) is 0. The summed E-state index contributed by atoms with van der Waals surface area (Å²) < 4.78 is 5.12. The molecule has 1 aromatic carbocycles. The predicted molar refractivity (Wildman–Crippen MR) is 65.1 cm³/mol. The Labute approximate surface area is 96.9 Å². The van der Waals surface area contributed by atoms with Gasteiger partial charge in [-0.2, -0.15) is 0 Å². The van der Waals surface area contributed by atoms with E-state index in [1.165, 1.54) is 6.07 Å². The van der Waals surface area contributed by atoms with Crippen LogP contribution in [0.1, 0.15) is 11.4 Å². The van der Waals surface area contributed by atoms with Gasteiger partial charge in [0.15, 0.2) is 0 Å². The normalized spacial score (nSPS) is 11.2. The zero-order valence-electron chi connectivity index (χ0n) is 9.52. The van der Waals surface area contributed by atoms with E-state index in [9.17, 15) is 4.79 Å². The second kappa shape index (κ2) is 3.38. The molecule has 0 saturated heterocycles. The average molecular weight is 226 g/mol. The number of hydrogen-bond donors (Lipinski definition) is 0. The van der Waals surface area contributed by atoms with E-state index >= 15 is 0 Å². The number of aryl methyl sites for hydroxylation is 2. The Morgan fingerprint density at radius 1 is 1.00 bits per heavy atom. The zero-order chi connectivity index (χ0) is 12.0. The SMILES string of the molecule is Cc1nc2ccc3oc(=O)ccc3c2nc1C. The van der Waals surface area contributed by atoms with Crippen LogP contribution in [-0.2, 0) is 0 Å². The van der Waals surface area contributed by atoms with E-state index < -0.39 is 0 Å². The second-order valence-electron chi connectivity index (χ2n) is 3.99. The number of benzene rings is 1. The first kappa shape index (κ1) is 9.96. The highest BCUT2D eigenvalue weighted by atomic mass is 16.4. The van der Waals surface area contributed by atoms with Gasteiger partial charge in [-0.3, -0.25) is 0 Å². The van der Waals surface area contributed by atoms with Crippen LogP contribution < -0.4 is 5.63 Å². The van der Waals surface area contributed by atoms with Crippen LogP contribution in [-0.4, -0.2) is 9.97 Å². The Hall–Kier alpha value is -2.23. The van der Waals surface area contributed by atoms with Crippen LogP contribution >= 0.6 is 0 Å². The van der Waals surface area contributed by atoms with Crippen molar-refractivity contribution in [2.45, 2.75) is 13.8 Å². The number of aromatic nitrogens is 2. The highest BCUT2D eigenvalue weighted by molar-refractivity contribution is 6.01. The summed E-state index contributed by atoms with van der Waals surface area (Å²) >= 11 is 0. The third-order valence-corrected chi connectivity index (χ3v) is 2.84. The molecule has 84 valence electrons. The summed E-state index contributed by atoms with van der Waals surface area (Å²) in [5.74, 6) is 0. The van der Waals surface area contributed by atoms with Crippen LogP contribution in [0.4, 0.5) is 0 Å². The van der Waals surface area contributed by atoms with Crippen molar-refractivity contribution in [2.75, 3.05) is 0 Å². The van der Waals surface area contributed by atoms with Crippen molar-refractivity contribution in [3.8, 4) is 0 Å². The molecule has 0 aliphatic carbocycles. The van der Waals surface area contributed by atoms with E-state index in [2.05, 4.69) is 9.97 Å². The summed E-state index contributed by atoms with van der Waals surface area (Å²) in [4.78, 5) is 20.1. The van der Waals surface area contributed by atoms with Crippen molar-refractivity contribution in [3.05, 3.63) is 46.1 Å². The van der Waals surface area contributed by atoms with Gasteiger partial charge < -0.3 is 4.42 Å². The number of fused-ring (bicyclic) bond motifs is 3. The van der Waals surface area contributed by atoms with Crippen molar-refractivity contribution in [3.63, 3.8) is 0 Å². The van der Waals surface area contributed by atoms with E-state index in [-0.39, 0.29) is 5.63 Å². The molecule has 0 N–H and O–H groups in total. The molecule has 0 bridgehead atoms. The third-order valence-electron chi connectivity index (χ3n) is 2.84. The summed E-state index contributed by atoms with van der Waals surface area (Å²) in [6.45, 7) is 3.84. The molecule has 0 saturated carbocycles. The van der Waals surface area contributed by atoms with Gasteiger partial charge in [-0.15, -0.1) is 0 Å². The van der Waals surface area contributed by atoms with E-state index in [4.69, 9.17) is 4.42 Å². The lowest BCUT2D eigenvalue weighted by Gasteiger charge is -2.04. The lowest BCUT2D eigenvalue weighted by Crippen LogP contribution is -1.97. The Balaban J connectivity index is 2.55. The van der Waals surface area contributed by atoms with Gasteiger partial charge in [-0.25, -0.2) is 14.8 Å². The Kier molecular flexibility index (Phi) is 1.98. The molecule has 2 heterocycles. The van der Waals surface area contributed by atoms with Crippen molar-refractivity contribution < 1.29 is 4.42 Å². The highest BCUT2D eigenvalue weighted by Crippen LogP contribution is 2.22. The van der Waals surface area contributed by atoms with Crippen molar-refractivity contribution in [2.24, 2.45) is 0 Å². The molecule has 4 heteroatoms. The minimum Gasteiger partial charge on any atom is -0.423 e. The van der Waals surface area contributed by atoms with Gasteiger partial charge >= 0.3 is 5.63 Å². The summed E-state index contributed by atoms with van der Waals surface area (Å²) in [6.07, 6.45) is 0. The van der Waals surface area contributed by atoms with Crippen LogP contribution in [0.15, 0.2) is 33.5 Å². The van der Waals surface area contributed by atoms with Gasteiger partial charge in [0.25, 0.3) is 0 Å². The van der Waals surface area contributed by atoms with Crippen LogP contribution in [0.5, 0.6) is 0 Å². The number of nitrogens with zero attached hydrogens (tertiary/aromatic N) is 2. The fourth-order valence-corrected chi connectivity index (χ4v) is 1.84. The second-order valence-corrected chi connectivity index (χ2v) is 3.99. The van der Waals surface area contributed by atoms with Gasteiger partial charge in [0.1, 0.15) is 5.58 Å². The predicted octanol–water partition coefficient (Wildman–Crippen LogP) is 2.35. The maximum Gasteiger partial charge on any atom is 0.336 e. The van der Waals surface area contributed by atoms with E-state index in [0.717, 1.165) is 27.8 Å². The van der Waals surface area contributed by atoms with Crippen LogP contribution in [0.2, 0.25) is 0 Å². The lowest BCUT2D eigenvalue weighted by atomic mass is 10.2.